The van der Waals surface area contributed by atoms with Crippen LogP contribution in [0.25, 0.3) is 22.4 Å². The number of hydrogen-bond donors (Lipinski definition) is 0. The summed E-state index contributed by atoms with van der Waals surface area (Å²) in [5.41, 5.74) is 3.43. The summed E-state index contributed by atoms with van der Waals surface area (Å²) in [6, 6.07) is 13.4. The molecule has 0 saturated carbocycles. The van der Waals surface area contributed by atoms with E-state index in [0.717, 1.165) is 22.3 Å². The number of hydrogen-bond acceptors (Lipinski definition) is 6. The van der Waals surface area contributed by atoms with Crippen LogP contribution in [0.4, 0.5) is 0 Å². The number of aromatic nitrogens is 4. The Balaban J connectivity index is 1.58. The van der Waals surface area contributed by atoms with E-state index in [9.17, 15) is 9.59 Å². The molecule has 2 aromatic heterocycles. The first-order chi connectivity index (χ1) is 16.3. The van der Waals surface area contributed by atoms with E-state index in [-0.39, 0.29) is 29.4 Å². The number of carbonyl (C=O) groups is 1. The molecule has 1 amide bonds. The number of fused-ring (bicyclic) bond motifs is 3. The second-order valence-electron chi connectivity index (χ2n) is 8.91. The molecule has 1 fully saturated rings. The fourth-order valence-electron chi connectivity index (χ4n) is 4.64. The molecule has 2 atom stereocenters. The van der Waals surface area contributed by atoms with Crippen molar-refractivity contribution in [3.8, 4) is 5.69 Å². The predicted molar refractivity (Wildman–Crippen MR) is 133 cm³/mol. The van der Waals surface area contributed by atoms with Crippen LogP contribution in [0.2, 0.25) is 0 Å². The summed E-state index contributed by atoms with van der Waals surface area (Å²) in [5, 5.41) is 9.93. The third kappa shape index (κ3) is 3.99. The molecule has 0 N–H and O–H groups in total. The van der Waals surface area contributed by atoms with Gasteiger partial charge < -0.3 is 9.64 Å². The van der Waals surface area contributed by atoms with Gasteiger partial charge in [-0.2, -0.15) is 0 Å². The lowest BCUT2D eigenvalue weighted by Gasteiger charge is -2.35. The fourth-order valence-corrected chi connectivity index (χ4v) is 5.49. The van der Waals surface area contributed by atoms with Crippen molar-refractivity contribution in [2.75, 3.05) is 18.8 Å². The number of aryl methyl sites for hydroxylation is 2. The molecule has 1 saturated heterocycles. The van der Waals surface area contributed by atoms with Gasteiger partial charge in [-0.3, -0.25) is 14.0 Å². The van der Waals surface area contributed by atoms with Gasteiger partial charge in [-0.05, 0) is 51.5 Å². The molecule has 4 aromatic rings. The van der Waals surface area contributed by atoms with E-state index in [1.165, 1.54) is 11.8 Å². The molecule has 3 heterocycles. The number of thioether (sulfide) groups is 1. The van der Waals surface area contributed by atoms with Crippen molar-refractivity contribution in [3.05, 3.63) is 63.9 Å². The van der Waals surface area contributed by atoms with Crippen molar-refractivity contribution < 1.29 is 9.53 Å². The zero-order valence-electron chi connectivity index (χ0n) is 19.7. The molecule has 0 spiro atoms. The molecule has 0 bridgehead atoms. The van der Waals surface area contributed by atoms with Crippen molar-refractivity contribution in [1.82, 2.24) is 24.1 Å². The van der Waals surface area contributed by atoms with Gasteiger partial charge in [-0.1, -0.05) is 41.6 Å². The first-order valence-corrected chi connectivity index (χ1v) is 12.3. The smallest absolute Gasteiger partial charge is 0.267 e. The van der Waals surface area contributed by atoms with E-state index < -0.39 is 0 Å². The summed E-state index contributed by atoms with van der Waals surface area (Å²) in [4.78, 5) is 28.3. The van der Waals surface area contributed by atoms with Crippen LogP contribution in [-0.4, -0.2) is 61.0 Å². The number of amides is 1. The molecule has 0 unspecified atom stereocenters. The lowest BCUT2D eigenvalue weighted by atomic mass is 10.1. The van der Waals surface area contributed by atoms with E-state index in [1.807, 2.05) is 79.5 Å². The third-order valence-corrected chi connectivity index (χ3v) is 7.00. The quantitative estimate of drug-likeness (QED) is 0.419. The van der Waals surface area contributed by atoms with Gasteiger partial charge in [0.25, 0.3) is 5.56 Å². The second kappa shape index (κ2) is 8.88. The van der Waals surface area contributed by atoms with Crippen molar-refractivity contribution >= 4 is 34.3 Å². The minimum atomic E-state index is -0.147. The van der Waals surface area contributed by atoms with Gasteiger partial charge in [0.15, 0.2) is 5.16 Å². The summed E-state index contributed by atoms with van der Waals surface area (Å²) < 4.78 is 9.23. The zero-order chi connectivity index (χ0) is 24.0. The molecule has 0 radical (unpaired) electrons. The van der Waals surface area contributed by atoms with Crippen LogP contribution >= 0.6 is 11.8 Å². The van der Waals surface area contributed by atoms with Gasteiger partial charge in [0, 0.05) is 13.1 Å². The van der Waals surface area contributed by atoms with Crippen LogP contribution < -0.4 is 5.56 Å². The maximum absolute atomic E-state index is 13.5. The minimum absolute atomic E-state index is 0.0164. The Morgan fingerprint density at radius 3 is 2.56 bits per heavy atom. The number of rotatable bonds is 4. The summed E-state index contributed by atoms with van der Waals surface area (Å²) in [5.74, 6) is 0.701. The van der Waals surface area contributed by atoms with Gasteiger partial charge in [-0.25, -0.2) is 4.57 Å². The average molecular weight is 478 g/mol. The summed E-state index contributed by atoms with van der Waals surface area (Å²) in [6.07, 6.45) is 0.0329. The molecule has 9 heteroatoms. The highest BCUT2D eigenvalue weighted by Gasteiger charge is 2.26. The summed E-state index contributed by atoms with van der Waals surface area (Å²) >= 11 is 1.33. The van der Waals surface area contributed by atoms with E-state index in [4.69, 9.17) is 4.74 Å². The lowest BCUT2D eigenvalue weighted by molar-refractivity contribution is -0.140. The number of benzene rings is 2. The summed E-state index contributed by atoms with van der Waals surface area (Å²) in [6.45, 7) is 9.13. The SMILES string of the molecule is Cc1ccc(-n2c(=O)c3ccccc3n3c(SCC(=O)N4C[C@@H](C)O[C@@H](C)C4)nnc23)c(C)c1. The van der Waals surface area contributed by atoms with Gasteiger partial charge in [-0.15, -0.1) is 10.2 Å². The third-order valence-electron chi connectivity index (χ3n) is 6.08. The minimum Gasteiger partial charge on any atom is -0.372 e. The largest absolute Gasteiger partial charge is 0.372 e. The predicted octanol–water partition coefficient (Wildman–Crippen LogP) is 3.38. The van der Waals surface area contributed by atoms with Crippen LogP contribution in [0.3, 0.4) is 0 Å². The maximum atomic E-state index is 13.5. The van der Waals surface area contributed by atoms with E-state index in [2.05, 4.69) is 10.2 Å². The molecule has 1 aliphatic heterocycles. The van der Waals surface area contributed by atoms with Crippen LogP contribution in [-0.2, 0) is 9.53 Å². The standard InChI is InChI=1S/C25H27N5O3S/c1-15-9-10-20(16(2)11-15)29-23(32)19-7-5-6-8-21(19)30-24(29)26-27-25(30)34-14-22(31)28-12-17(3)33-18(4)13-28/h5-11,17-18H,12-14H2,1-4H3/t17-,18+. The van der Waals surface area contributed by atoms with Crippen molar-refractivity contribution in [3.63, 3.8) is 0 Å². The van der Waals surface area contributed by atoms with Crippen LogP contribution in [0, 0.1) is 13.8 Å². The molecule has 5 rings (SSSR count). The molecule has 176 valence electrons. The van der Waals surface area contributed by atoms with Crippen molar-refractivity contribution in [2.45, 2.75) is 45.1 Å². The van der Waals surface area contributed by atoms with Gasteiger partial charge >= 0.3 is 0 Å². The van der Waals surface area contributed by atoms with Crippen molar-refractivity contribution in [1.29, 1.82) is 0 Å². The first-order valence-electron chi connectivity index (χ1n) is 11.4. The van der Waals surface area contributed by atoms with E-state index in [0.29, 0.717) is 29.4 Å². The Kier molecular flexibility index (Phi) is 5.91. The van der Waals surface area contributed by atoms with Gasteiger partial charge in [0.05, 0.1) is 34.6 Å². The first kappa shape index (κ1) is 22.6. The Morgan fingerprint density at radius 1 is 1.09 bits per heavy atom. The Labute approximate surface area is 201 Å². The van der Waals surface area contributed by atoms with Gasteiger partial charge in [0.1, 0.15) is 0 Å². The fraction of sp³-hybridized carbons (Fsp3) is 0.360. The molecule has 0 aliphatic carbocycles. The highest BCUT2D eigenvalue weighted by molar-refractivity contribution is 7.99. The molecular formula is C25H27N5O3S. The van der Waals surface area contributed by atoms with Crippen molar-refractivity contribution in [2.24, 2.45) is 0 Å². The average Bonchev–Trinajstić information content (AvgIpc) is 3.22. The van der Waals surface area contributed by atoms with E-state index >= 15 is 0 Å². The summed E-state index contributed by atoms with van der Waals surface area (Å²) in [7, 11) is 0. The zero-order valence-corrected chi connectivity index (χ0v) is 20.5. The van der Waals surface area contributed by atoms with Crippen LogP contribution in [0.5, 0.6) is 0 Å². The topological polar surface area (TPSA) is 81.7 Å². The maximum Gasteiger partial charge on any atom is 0.267 e. The van der Waals surface area contributed by atoms with Crippen LogP contribution in [0.15, 0.2) is 52.4 Å². The van der Waals surface area contributed by atoms with Crippen LogP contribution in [0.1, 0.15) is 25.0 Å². The highest BCUT2D eigenvalue weighted by atomic mass is 32.2. The molecule has 1 aliphatic rings. The number of morpholine rings is 1. The second-order valence-corrected chi connectivity index (χ2v) is 9.85. The highest BCUT2D eigenvalue weighted by Crippen LogP contribution is 2.25. The van der Waals surface area contributed by atoms with Gasteiger partial charge in [0.2, 0.25) is 11.7 Å². The molecule has 8 nitrogen and oxygen atoms in total. The van der Waals surface area contributed by atoms with E-state index in [1.54, 1.807) is 4.57 Å². The number of para-hydroxylation sites is 1. The number of nitrogens with zero attached hydrogens (tertiary/aromatic N) is 5. The lowest BCUT2D eigenvalue weighted by Crippen LogP contribution is -2.48. The monoisotopic (exact) mass is 477 g/mol. The Hall–Kier alpha value is -3.17. The Bertz CT molecular complexity index is 1450. The normalized spacial score (nSPS) is 18.6. The number of ether oxygens (including phenoxy) is 1. The number of carbonyl (C=O) groups excluding carboxylic acids is 1. The molecule has 2 aromatic carbocycles. The molecular weight excluding hydrogens is 450 g/mol. The Morgan fingerprint density at radius 2 is 1.82 bits per heavy atom. The molecule has 34 heavy (non-hydrogen) atoms.